The van der Waals surface area contributed by atoms with Crippen LogP contribution in [0.3, 0.4) is 0 Å². The second-order valence-corrected chi connectivity index (χ2v) is 8.25. The maximum atomic E-state index is 11.6. The van der Waals surface area contributed by atoms with Gasteiger partial charge in [0.05, 0.1) is 0 Å². The average Bonchev–Trinajstić information content (AvgIpc) is 2.09. The third-order valence-corrected chi connectivity index (χ3v) is 3.38. The Bertz CT molecular complexity index is 369. The van der Waals surface area contributed by atoms with Gasteiger partial charge < -0.3 is 4.79 Å². The van der Waals surface area contributed by atoms with Crippen LogP contribution >= 0.6 is 0 Å². The van der Waals surface area contributed by atoms with Crippen molar-refractivity contribution in [1.29, 1.82) is 0 Å². The maximum Gasteiger partial charge on any atom is 0.133 e. The van der Waals surface area contributed by atoms with E-state index in [2.05, 4.69) is 41.2 Å². The summed E-state index contributed by atoms with van der Waals surface area (Å²) in [6.07, 6.45) is 3.00. The lowest BCUT2D eigenvalue weighted by atomic mass is 9.72. The molecule has 0 aliphatic heterocycles. The van der Waals surface area contributed by atoms with E-state index in [0.717, 1.165) is 18.4 Å². The van der Waals surface area contributed by atoms with E-state index >= 15 is 0 Å². The molecule has 20 heavy (non-hydrogen) atoms. The van der Waals surface area contributed by atoms with Gasteiger partial charge in [-0.05, 0) is 43.9 Å². The highest BCUT2D eigenvalue weighted by atomic mass is 16.1. The molecule has 0 spiro atoms. The Morgan fingerprint density at radius 2 is 1.50 bits per heavy atom. The Balaban J connectivity index is 4.60. The summed E-state index contributed by atoms with van der Waals surface area (Å²) in [5.41, 5.74) is 1.54. The van der Waals surface area contributed by atoms with E-state index in [4.69, 9.17) is 0 Å². The Hall–Kier alpha value is -0.920. The summed E-state index contributed by atoms with van der Waals surface area (Å²) >= 11 is 0. The van der Waals surface area contributed by atoms with Crippen LogP contribution < -0.4 is 0 Å². The number of hydrogen-bond acceptors (Lipinski definition) is 2. The zero-order valence-electron chi connectivity index (χ0n) is 14.4. The van der Waals surface area contributed by atoms with Crippen molar-refractivity contribution in [2.24, 2.45) is 16.7 Å². The van der Waals surface area contributed by atoms with E-state index < -0.39 is 0 Å². The molecule has 1 atom stereocenters. The standard InChI is InChI=1S/C18H32O2/c1-13(9-16(15(3)20)10-14(2)19)11-18(7,8)12-17(4,5)6/h16H,1,9-12H2,2-8H3. The van der Waals surface area contributed by atoms with Crippen molar-refractivity contribution in [3.05, 3.63) is 12.2 Å². The normalized spacial score (nSPS) is 13.9. The molecule has 0 saturated heterocycles. The van der Waals surface area contributed by atoms with Crippen molar-refractivity contribution in [3.8, 4) is 0 Å². The van der Waals surface area contributed by atoms with Gasteiger partial charge >= 0.3 is 0 Å². The maximum absolute atomic E-state index is 11.6. The lowest BCUT2D eigenvalue weighted by Gasteiger charge is -2.33. The third kappa shape index (κ3) is 9.06. The molecule has 0 heterocycles. The minimum atomic E-state index is -0.189. The SMILES string of the molecule is C=C(CC(CC(C)=O)C(C)=O)CC(C)(C)CC(C)(C)C. The monoisotopic (exact) mass is 280 g/mol. The molecule has 0 saturated carbocycles. The van der Waals surface area contributed by atoms with E-state index in [1.807, 2.05) is 0 Å². The Morgan fingerprint density at radius 3 is 1.85 bits per heavy atom. The molecule has 0 aliphatic rings. The van der Waals surface area contributed by atoms with Gasteiger partial charge in [0.15, 0.2) is 0 Å². The van der Waals surface area contributed by atoms with E-state index in [-0.39, 0.29) is 28.3 Å². The molecule has 0 aromatic rings. The molecule has 1 unspecified atom stereocenters. The smallest absolute Gasteiger partial charge is 0.133 e. The first-order valence-electron chi connectivity index (χ1n) is 7.49. The molecular formula is C18H32O2. The molecule has 0 aromatic heterocycles. The lowest BCUT2D eigenvalue weighted by Crippen LogP contribution is -2.22. The second-order valence-electron chi connectivity index (χ2n) is 8.25. The highest BCUT2D eigenvalue weighted by molar-refractivity contribution is 5.85. The first-order valence-corrected chi connectivity index (χ1v) is 7.49. The Kier molecular flexibility index (Phi) is 6.86. The summed E-state index contributed by atoms with van der Waals surface area (Å²) in [6.45, 7) is 18.5. The predicted molar refractivity (Wildman–Crippen MR) is 85.7 cm³/mol. The fourth-order valence-corrected chi connectivity index (χ4v) is 3.30. The highest BCUT2D eigenvalue weighted by Crippen LogP contribution is 2.38. The topological polar surface area (TPSA) is 34.1 Å². The molecule has 2 heteroatoms. The number of Topliss-reactive ketones (excluding diaryl/α,β-unsaturated/α-hetero) is 2. The fraction of sp³-hybridized carbons (Fsp3) is 0.778. The predicted octanol–water partition coefficient (Wildman–Crippen LogP) is 4.97. The van der Waals surface area contributed by atoms with Crippen molar-refractivity contribution >= 4 is 11.6 Å². The van der Waals surface area contributed by atoms with Gasteiger partial charge in [-0.15, -0.1) is 0 Å². The van der Waals surface area contributed by atoms with Crippen molar-refractivity contribution in [1.82, 2.24) is 0 Å². The zero-order valence-corrected chi connectivity index (χ0v) is 14.4. The highest BCUT2D eigenvalue weighted by Gasteiger charge is 2.27. The molecular weight excluding hydrogens is 248 g/mol. The van der Waals surface area contributed by atoms with Crippen LogP contribution in [0.2, 0.25) is 0 Å². The van der Waals surface area contributed by atoms with Gasteiger partial charge in [-0.2, -0.15) is 0 Å². The van der Waals surface area contributed by atoms with Gasteiger partial charge in [-0.3, -0.25) is 4.79 Å². The van der Waals surface area contributed by atoms with Crippen molar-refractivity contribution in [3.63, 3.8) is 0 Å². The molecule has 0 fully saturated rings. The minimum Gasteiger partial charge on any atom is -0.300 e. The lowest BCUT2D eigenvalue weighted by molar-refractivity contribution is -0.125. The first kappa shape index (κ1) is 19.1. The minimum absolute atomic E-state index is 0.0759. The number of rotatable bonds is 8. The number of hydrogen-bond donors (Lipinski definition) is 0. The van der Waals surface area contributed by atoms with Gasteiger partial charge in [0.1, 0.15) is 11.6 Å². The van der Waals surface area contributed by atoms with Crippen LogP contribution in [0.15, 0.2) is 12.2 Å². The molecule has 0 rings (SSSR count). The van der Waals surface area contributed by atoms with Crippen LogP contribution in [-0.2, 0) is 9.59 Å². The molecule has 0 radical (unpaired) electrons. The average molecular weight is 280 g/mol. The first-order chi connectivity index (χ1) is 8.82. The van der Waals surface area contributed by atoms with Crippen LogP contribution in [0.25, 0.3) is 0 Å². The molecule has 0 amide bonds. The van der Waals surface area contributed by atoms with Crippen LogP contribution in [0.5, 0.6) is 0 Å². The summed E-state index contributed by atoms with van der Waals surface area (Å²) < 4.78 is 0. The van der Waals surface area contributed by atoms with Crippen LogP contribution in [0, 0.1) is 16.7 Å². The van der Waals surface area contributed by atoms with Crippen molar-refractivity contribution in [2.45, 2.75) is 74.1 Å². The summed E-state index contributed by atoms with van der Waals surface area (Å²) in [4.78, 5) is 22.8. The number of carbonyl (C=O) groups is 2. The van der Waals surface area contributed by atoms with Crippen LogP contribution in [0.1, 0.15) is 74.1 Å². The zero-order chi connectivity index (χ0) is 16.1. The van der Waals surface area contributed by atoms with E-state index in [9.17, 15) is 9.59 Å². The van der Waals surface area contributed by atoms with Gasteiger partial charge in [0.25, 0.3) is 0 Å². The van der Waals surface area contributed by atoms with E-state index in [1.165, 1.54) is 0 Å². The van der Waals surface area contributed by atoms with E-state index in [0.29, 0.717) is 12.8 Å². The molecule has 116 valence electrons. The largest absolute Gasteiger partial charge is 0.300 e. The summed E-state index contributed by atoms with van der Waals surface area (Å²) in [5, 5.41) is 0. The fourth-order valence-electron chi connectivity index (χ4n) is 3.30. The van der Waals surface area contributed by atoms with Crippen molar-refractivity contribution in [2.75, 3.05) is 0 Å². The summed E-state index contributed by atoms with van der Waals surface area (Å²) in [5.74, 6) is -0.0210. The van der Waals surface area contributed by atoms with Gasteiger partial charge in [-0.1, -0.05) is 46.8 Å². The molecule has 0 aliphatic carbocycles. The Morgan fingerprint density at radius 1 is 1.00 bits per heavy atom. The van der Waals surface area contributed by atoms with Gasteiger partial charge in [0.2, 0.25) is 0 Å². The molecule has 2 nitrogen and oxygen atoms in total. The molecule has 0 N–H and O–H groups in total. The summed E-state index contributed by atoms with van der Waals surface area (Å²) in [6, 6.07) is 0. The van der Waals surface area contributed by atoms with Crippen LogP contribution in [0.4, 0.5) is 0 Å². The molecule has 0 bridgehead atoms. The Labute approximate surface area is 125 Å². The summed E-state index contributed by atoms with van der Waals surface area (Å²) in [7, 11) is 0. The van der Waals surface area contributed by atoms with Crippen LogP contribution in [-0.4, -0.2) is 11.6 Å². The van der Waals surface area contributed by atoms with Crippen molar-refractivity contribution < 1.29 is 9.59 Å². The second kappa shape index (κ2) is 7.19. The molecule has 0 aromatic carbocycles. The number of allylic oxidation sites excluding steroid dienone is 1. The van der Waals surface area contributed by atoms with E-state index in [1.54, 1.807) is 13.8 Å². The van der Waals surface area contributed by atoms with Gasteiger partial charge in [0, 0.05) is 12.3 Å². The number of ketones is 2. The number of carbonyl (C=O) groups excluding carboxylic acids is 2. The van der Waals surface area contributed by atoms with Gasteiger partial charge in [-0.25, -0.2) is 0 Å². The quantitative estimate of drug-likeness (QED) is 0.588. The third-order valence-electron chi connectivity index (χ3n) is 3.38.